The number of hydrogen-bond acceptors (Lipinski definition) is 2. The molecule has 0 saturated carbocycles. The van der Waals surface area contributed by atoms with E-state index in [0.29, 0.717) is 13.1 Å². The normalized spacial score (nSPS) is 17.8. The second-order valence-corrected chi connectivity index (χ2v) is 7.25. The van der Waals surface area contributed by atoms with E-state index in [1.165, 1.54) is 11.1 Å². The zero-order chi connectivity index (χ0) is 12.5. The molecule has 0 N–H and O–H groups in total. The summed E-state index contributed by atoms with van der Waals surface area (Å²) in [5.74, 6) is 0. The summed E-state index contributed by atoms with van der Waals surface area (Å²) in [6.07, 6.45) is 1.64. The minimum absolute atomic E-state index is 0.330. The molecule has 17 heavy (non-hydrogen) atoms. The van der Waals surface area contributed by atoms with Crippen molar-refractivity contribution in [3.8, 4) is 0 Å². The Morgan fingerprint density at radius 2 is 1.53 bits per heavy atom. The highest BCUT2D eigenvalue weighted by Crippen LogP contribution is 2.19. The van der Waals surface area contributed by atoms with Crippen LogP contribution >= 0.6 is 0 Å². The van der Waals surface area contributed by atoms with E-state index >= 15 is 0 Å². The third kappa shape index (κ3) is 2.53. The van der Waals surface area contributed by atoms with Crippen LogP contribution in [0.15, 0.2) is 24.3 Å². The van der Waals surface area contributed by atoms with E-state index in [4.69, 9.17) is 0 Å². The zero-order valence-corrected chi connectivity index (χ0v) is 11.2. The third-order valence-corrected chi connectivity index (χ3v) is 5.61. The Kier molecular flexibility index (Phi) is 3.54. The summed E-state index contributed by atoms with van der Waals surface area (Å²) >= 11 is 0. The van der Waals surface area contributed by atoms with Crippen LogP contribution in [0, 0.1) is 0 Å². The van der Waals surface area contributed by atoms with Gasteiger partial charge in [0.1, 0.15) is 0 Å². The molecule has 0 atom stereocenters. The molecule has 2 rings (SSSR count). The van der Waals surface area contributed by atoms with E-state index in [1.54, 1.807) is 18.2 Å². The molecule has 1 aliphatic rings. The summed E-state index contributed by atoms with van der Waals surface area (Å²) in [6.45, 7) is 4.70. The molecule has 0 aliphatic carbocycles. The Bertz CT molecular complexity index is 467. The van der Waals surface area contributed by atoms with E-state index in [2.05, 4.69) is 12.1 Å². The Morgan fingerprint density at radius 3 is 1.94 bits per heavy atom. The number of nitrogens with zero attached hydrogens (tertiary/aromatic N) is 1. The van der Waals surface area contributed by atoms with Gasteiger partial charge in [-0.05, 0) is 37.8 Å². The second kappa shape index (κ2) is 4.78. The van der Waals surface area contributed by atoms with Crippen LogP contribution in [0.3, 0.4) is 0 Å². The van der Waals surface area contributed by atoms with Crippen LogP contribution in [0.2, 0.25) is 0 Å². The Labute approximate surface area is 104 Å². The number of hydrogen-bond donors (Lipinski definition) is 0. The van der Waals surface area contributed by atoms with Gasteiger partial charge >= 0.3 is 0 Å². The van der Waals surface area contributed by atoms with Crippen LogP contribution in [0.4, 0.5) is 0 Å². The molecule has 1 aliphatic heterocycles. The molecular formula is C13H19NO2S. The van der Waals surface area contributed by atoms with Gasteiger partial charge in [-0.25, -0.2) is 12.7 Å². The van der Waals surface area contributed by atoms with Gasteiger partial charge in [0.15, 0.2) is 0 Å². The molecule has 1 heterocycles. The molecule has 1 aromatic rings. The molecule has 0 bridgehead atoms. The van der Waals surface area contributed by atoms with Crippen molar-refractivity contribution in [3.63, 3.8) is 0 Å². The first-order chi connectivity index (χ1) is 8.01. The van der Waals surface area contributed by atoms with Gasteiger partial charge in [-0.1, -0.05) is 24.3 Å². The van der Waals surface area contributed by atoms with Crippen molar-refractivity contribution in [1.82, 2.24) is 4.31 Å². The molecule has 0 unspecified atom stereocenters. The summed E-state index contributed by atoms with van der Waals surface area (Å²) in [5, 5.41) is -0.330. The average Bonchev–Trinajstić information content (AvgIpc) is 2.51. The van der Waals surface area contributed by atoms with Crippen LogP contribution in [0.25, 0.3) is 0 Å². The summed E-state index contributed by atoms with van der Waals surface area (Å²) in [7, 11) is -3.11. The van der Waals surface area contributed by atoms with Gasteiger partial charge in [0.05, 0.1) is 5.25 Å². The van der Waals surface area contributed by atoms with Crippen LogP contribution in [0.5, 0.6) is 0 Å². The molecule has 0 fully saturated rings. The molecule has 3 nitrogen and oxygen atoms in total. The first-order valence-corrected chi connectivity index (χ1v) is 7.58. The number of fused-ring (bicyclic) bond motifs is 1. The van der Waals surface area contributed by atoms with Crippen molar-refractivity contribution in [2.75, 3.05) is 13.1 Å². The van der Waals surface area contributed by atoms with Crippen LogP contribution < -0.4 is 0 Å². The Balaban J connectivity index is 2.20. The highest BCUT2D eigenvalue weighted by Gasteiger charge is 2.27. The van der Waals surface area contributed by atoms with Gasteiger partial charge in [0.2, 0.25) is 10.0 Å². The Morgan fingerprint density at radius 1 is 1.06 bits per heavy atom. The predicted octanol–water partition coefficient (Wildman–Crippen LogP) is 1.83. The highest BCUT2D eigenvalue weighted by atomic mass is 32.2. The maximum atomic E-state index is 12.1. The lowest BCUT2D eigenvalue weighted by molar-refractivity contribution is 0.421. The summed E-state index contributed by atoms with van der Waals surface area (Å²) in [4.78, 5) is 0. The van der Waals surface area contributed by atoms with Gasteiger partial charge in [0, 0.05) is 13.1 Å². The van der Waals surface area contributed by atoms with Crippen LogP contribution in [0.1, 0.15) is 25.0 Å². The molecule has 1 aromatic carbocycles. The molecule has 0 spiro atoms. The zero-order valence-electron chi connectivity index (χ0n) is 10.4. The molecule has 0 radical (unpaired) electrons. The standard InChI is InChI=1S/C13H19NO2S/c1-11(2)17(15,16)14-9-7-12-5-3-4-6-13(12)8-10-14/h3-6,11H,7-10H2,1-2H3. The smallest absolute Gasteiger partial charge is 0.212 e. The lowest BCUT2D eigenvalue weighted by atomic mass is 10.0. The van der Waals surface area contributed by atoms with Gasteiger partial charge in [-0.15, -0.1) is 0 Å². The summed E-state index contributed by atoms with van der Waals surface area (Å²) < 4.78 is 25.9. The van der Waals surface area contributed by atoms with Crippen LogP contribution in [-0.4, -0.2) is 31.1 Å². The monoisotopic (exact) mass is 253 g/mol. The first kappa shape index (κ1) is 12.6. The molecular weight excluding hydrogens is 234 g/mol. The molecule has 4 heteroatoms. The van der Waals surface area contributed by atoms with Crippen molar-refractivity contribution in [3.05, 3.63) is 35.4 Å². The van der Waals surface area contributed by atoms with E-state index < -0.39 is 10.0 Å². The maximum absolute atomic E-state index is 12.1. The average molecular weight is 253 g/mol. The lowest BCUT2D eigenvalue weighted by Crippen LogP contribution is -2.38. The van der Waals surface area contributed by atoms with E-state index in [0.717, 1.165) is 12.8 Å². The second-order valence-electron chi connectivity index (χ2n) is 4.76. The van der Waals surface area contributed by atoms with Crippen LogP contribution in [-0.2, 0) is 22.9 Å². The molecule has 0 amide bonds. The third-order valence-electron chi connectivity index (χ3n) is 3.34. The van der Waals surface area contributed by atoms with Gasteiger partial charge in [-0.2, -0.15) is 0 Å². The van der Waals surface area contributed by atoms with Gasteiger partial charge < -0.3 is 0 Å². The fourth-order valence-corrected chi connectivity index (χ4v) is 3.49. The fourth-order valence-electron chi connectivity index (χ4n) is 2.20. The van der Waals surface area contributed by atoms with Gasteiger partial charge in [0.25, 0.3) is 0 Å². The number of benzene rings is 1. The minimum atomic E-state index is -3.11. The lowest BCUT2D eigenvalue weighted by Gasteiger charge is -2.22. The maximum Gasteiger partial charge on any atom is 0.216 e. The van der Waals surface area contributed by atoms with Crippen molar-refractivity contribution in [1.29, 1.82) is 0 Å². The summed E-state index contributed by atoms with van der Waals surface area (Å²) in [5.41, 5.74) is 2.57. The molecule has 0 aromatic heterocycles. The van der Waals surface area contributed by atoms with E-state index in [-0.39, 0.29) is 5.25 Å². The van der Waals surface area contributed by atoms with E-state index in [1.807, 2.05) is 12.1 Å². The minimum Gasteiger partial charge on any atom is -0.212 e. The van der Waals surface area contributed by atoms with E-state index in [9.17, 15) is 8.42 Å². The van der Waals surface area contributed by atoms with Gasteiger partial charge in [-0.3, -0.25) is 0 Å². The summed E-state index contributed by atoms with van der Waals surface area (Å²) in [6, 6.07) is 8.23. The fraction of sp³-hybridized carbons (Fsp3) is 0.538. The quantitative estimate of drug-likeness (QED) is 0.806. The highest BCUT2D eigenvalue weighted by molar-refractivity contribution is 7.89. The molecule has 0 saturated heterocycles. The van der Waals surface area contributed by atoms with Crippen molar-refractivity contribution >= 4 is 10.0 Å². The van der Waals surface area contributed by atoms with Crippen molar-refractivity contribution in [2.45, 2.75) is 31.9 Å². The first-order valence-electron chi connectivity index (χ1n) is 6.07. The largest absolute Gasteiger partial charge is 0.216 e. The number of sulfonamides is 1. The Hall–Kier alpha value is -0.870. The van der Waals surface area contributed by atoms with Crippen molar-refractivity contribution in [2.24, 2.45) is 0 Å². The predicted molar refractivity (Wildman–Crippen MR) is 69.5 cm³/mol. The number of rotatable bonds is 2. The SMILES string of the molecule is CC(C)S(=O)(=O)N1CCc2ccccc2CC1. The van der Waals surface area contributed by atoms with Crippen molar-refractivity contribution < 1.29 is 8.42 Å². The molecule has 94 valence electrons. The topological polar surface area (TPSA) is 37.4 Å².